The molecule has 1 saturated heterocycles. The van der Waals surface area contributed by atoms with Crippen molar-refractivity contribution < 1.29 is 4.74 Å². The van der Waals surface area contributed by atoms with E-state index in [0.717, 1.165) is 30.8 Å². The molecule has 0 aliphatic carbocycles. The molecular formula is C13H20ClN3O. The molecule has 2 rings (SSSR count). The molecule has 2 unspecified atom stereocenters. The first-order chi connectivity index (χ1) is 8.65. The molecule has 100 valence electrons. The van der Waals surface area contributed by atoms with Crippen LogP contribution in [-0.2, 0) is 11.3 Å². The molecule has 5 heteroatoms. The van der Waals surface area contributed by atoms with E-state index in [1.54, 1.807) is 13.3 Å². The summed E-state index contributed by atoms with van der Waals surface area (Å²) in [6.07, 6.45) is 4.17. The minimum absolute atomic E-state index is 0.346. The Hall–Kier alpha value is -0.840. The predicted octanol–water partition coefficient (Wildman–Crippen LogP) is 2.20. The minimum Gasteiger partial charge on any atom is -0.381 e. The second kappa shape index (κ2) is 5.87. The standard InChI is InChI=1S/C13H20ClN3O/c1-9-5-11(18-2)3-4-17(9)13-12(14)6-10(7-15)8-16-13/h6,8-9,11H,3-5,7,15H2,1-2H3. The summed E-state index contributed by atoms with van der Waals surface area (Å²) in [4.78, 5) is 6.70. The third-order valence-corrected chi connectivity index (χ3v) is 3.83. The van der Waals surface area contributed by atoms with Crippen LogP contribution in [0.15, 0.2) is 12.3 Å². The summed E-state index contributed by atoms with van der Waals surface area (Å²) in [7, 11) is 1.77. The molecule has 18 heavy (non-hydrogen) atoms. The topological polar surface area (TPSA) is 51.4 Å². The maximum absolute atomic E-state index is 6.29. The molecule has 4 nitrogen and oxygen atoms in total. The minimum atomic E-state index is 0.346. The molecular weight excluding hydrogens is 250 g/mol. The second-order valence-electron chi connectivity index (χ2n) is 4.78. The number of methoxy groups -OCH3 is 1. The smallest absolute Gasteiger partial charge is 0.147 e. The van der Waals surface area contributed by atoms with Gasteiger partial charge < -0.3 is 15.4 Å². The van der Waals surface area contributed by atoms with Crippen molar-refractivity contribution in [2.45, 2.75) is 38.5 Å². The maximum Gasteiger partial charge on any atom is 0.147 e. The summed E-state index contributed by atoms with van der Waals surface area (Å²) in [5, 5.41) is 0.681. The van der Waals surface area contributed by atoms with Gasteiger partial charge in [-0.1, -0.05) is 11.6 Å². The van der Waals surface area contributed by atoms with Gasteiger partial charge in [0.2, 0.25) is 0 Å². The van der Waals surface area contributed by atoms with E-state index in [2.05, 4.69) is 16.8 Å². The van der Waals surface area contributed by atoms with E-state index < -0.39 is 0 Å². The van der Waals surface area contributed by atoms with Crippen LogP contribution >= 0.6 is 11.6 Å². The van der Waals surface area contributed by atoms with Gasteiger partial charge in [-0.25, -0.2) is 4.98 Å². The van der Waals surface area contributed by atoms with Crippen molar-refractivity contribution in [3.05, 3.63) is 22.8 Å². The molecule has 2 N–H and O–H groups in total. The summed E-state index contributed by atoms with van der Waals surface area (Å²) >= 11 is 6.29. The fourth-order valence-corrected chi connectivity index (χ4v) is 2.75. The van der Waals surface area contributed by atoms with Crippen LogP contribution in [0.1, 0.15) is 25.3 Å². The van der Waals surface area contributed by atoms with Gasteiger partial charge in [-0.2, -0.15) is 0 Å². The Bertz CT molecular complexity index is 413. The van der Waals surface area contributed by atoms with E-state index in [9.17, 15) is 0 Å². The zero-order valence-electron chi connectivity index (χ0n) is 10.9. The summed E-state index contributed by atoms with van der Waals surface area (Å²) in [5.74, 6) is 0.857. The molecule has 0 saturated carbocycles. The largest absolute Gasteiger partial charge is 0.381 e. The van der Waals surface area contributed by atoms with Gasteiger partial charge in [0, 0.05) is 32.4 Å². The number of rotatable bonds is 3. The number of nitrogens with two attached hydrogens (primary N) is 1. The highest BCUT2D eigenvalue weighted by Gasteiger charge is 2.27. The Morgan fingerprint density at radius 3 is 2.94 bits per heavy atom. The molecule has 1 aliphatic heterocycles. The average molecular weight is 270 g/mol. The van der Waals surface area contributed by atoms with E-state index in [1.807, 2.05) is 6.07 Å². The zero-order valence-corrected chi connectivity index (χ0v) is 11.7. The molecule has 0 amide bonds. The molecule has 0 spiro atoms. The van der Waals surface area contributed by atoms with Crippen LogP contribution in [0.25, 0.3) is 0 Å². The van der Waals surface area contributed by atoms with E-state index in [1.165, 1.54) is 0 Å². The number of pyridine rings is 1. The highest BCUT2D eigenvalue weighted by Crippen LogP contribution is 2.30. The number of piperidine rings is 1. The van der Waals surface area contributed by atoms with E-state index in [-0.39, 0.29) is 0 Å². The van der Waals surface area contributed by atoms with Gasteiger partial charge in [0.15, 0.2) is 0 Å². The van der Waals surface area contributed by atoms with Crippen LogP contribution < -0.4 is 10.6 Å². The van der Waals surface area contributed by atoms with Crippen molar-refractivity contribution in [1.82, 2.24) is 4.98 Å². The quantitative estimate of drug-likeness (QED) is 0.914. The monoisotopic (exact) mass is 269 g/mol. The molecule has 1 aromatic rings. The van der Waals surface area contributed by atoms with Crippen molar-refractivity contribution in [2.75, 3.05) is 18.6 Å². The number of aromatic nitrogens is 1. The number of nitrogens with zero attached hydrogens (tertiary/aromatic N) is 2. The van der Waals surface area contributed by atoms with Crippen LogP contribution in [0.2, 0.25) is 5.02 Å². The third kappa shape index (κ3) is 2.76. The Balaban J connectivity index is 2.16. The van der Waals surface area contributed by atoms with Crippen molar-refractivity contribution in [3.8, 4) is 0 Å². The van der Waals surface area contributed by atoms with Crippen molar-refractivity contribution >= 4 is 17.4 Å². The number of hydrogen-bond donors (Lipinski definition) is 1. The van der Waals surface area contributed by atoms with Gasteiger partial charge in [0.05, 0.1) is 11.1 Å². The molecule has 2 heterocycles. The molecule has 0 radical (unpaired) electrons. The summed E-state index contributed by atoms with van der Waals surface area (Å²) in [6.45, 7) is 3.57. The second-order valence-corrected chi connectivity index (χ2v) is 5.18. The van der Waals surface area contributed by atoms with E-state index >= 15 is 0 Å². The normalized spacial score (nSPS) is 24.3. The summed E-state index contributed by atoms with van der Waals surface area (Å²) < 4.78 is 5.42. The third-order valence-electron chi connectivity index (χ3n) is 3.55. The number of anilines is 1. The Morgan fingerprint density at radius 2 is 2.39 bits per heavy atom. The van der Waals surface area contributed by atoms with Gasteiger partial charge in [0.1, 0.15) is 5.82 Å². The molecule has 0 aromatic carbocycles. The molecule has 0 bridgehead atoms. The fourth-order valence-electron chi connectivity index (χ4n) is 2.45. The number of ether oxygens (including phenoxy) is 1. The number of halogens is 1. The van der Waals surface area contributed by atoms with Gasteiger partial charge >= 0.3 is 0 Å². The van der Waals surface area contributed by atoms with Crippen molar-refractivity contribution in [2.24, 2.45) is 5.73 Å². The van der Waals surface area contributed by atoms with Gasteiger partial charge in [0.25, 0.3) is 0 Å². The molecule has 1 aliphatic rings. The van der Waals surface area contributed by atoms with Crippen molar-refractivity contribution in [1.29, 1.82) is 0 Å². The van der Waals surface area contributed by atoms with Crippen LogP contribution in [0.5, 0.6) is 0 Å². The Kier molecular flexibility index (Phi) is 4.43. The summed E-state index contributed by atoms with van der Waals surface area (Å²) in [5.41, 5.74) is 6.54. The zero-order chi connectivity index (χ0) is 13.1. The Morgan fingerprint density at radius 1 is 1.61 bits per heavy atom. The maximum atomic E-state index is 6.29. The SMILES string of the molecule is COC1CCN(c2ncc(CN)cc2Cl)C(C)C1. The van der Waals surface area contributed by atoms with E-state index in [0.29, 0.717) is 23.7 Å². The first-order valence-corrected chi connectivity index (χ1v) is 6.67. The Labute approximate surface area is 113 Å². The lowest BCUT2D eigenvalue weighted by Crippen LogP contribution is -2.43. The van der Waals surface area contributed by atoms with Crippen LogP contribution in [0.3, 0.4) is 0 Å². The summed E-state index contributed by atoms with van der Waals surface area (Å²) in [6, 6.07) is 2.29. The van der Waals surface area contributed by atoms with Crippen molar-refractivity contribution in [3.63, 3.8) is 0 Å². The predicted molar refractivity (Wildman–Crippen MR) is 74.0 cm³/mol. The lowest BCUT2D eigenvalue weighted by molar-refractivity contribution is 0.0719. The lowest BCUT2D eigenvalue weighted by atomic mass is 10.0. The first kappa shape index (κ1) is 13.6. The fraction of sp³-hybridized carbons (Fsp3) is 0.615. The first-order valence-electron chi connectivity index (χ1n) is 6.29. The van der Waals surface area contributed by atoms with Gasteiger partial charge in [-0.3, -0.25) is 0 Å². The highest BCUT2D eigenvalue weighted by atomic mass is 35.5. The molecule has 1 aromatic heterocycles. The average Bonchev–Trinajstić information content (AvgIpc) is 2.39. The van der Waals surface area contributed by atoms with E-state index in [4.69, 9.17) is 22.1 Å². The van der Waals surface area contributed by atoms with Crippen LogP contribution in [-0.4, -0.2) is 30.8 Å². The van der Waals surface area contributed by atoms with Gasteiger partial charge in [-0.05, 0) is 31.4 Å². The highest BCUT2D eigenvalue weighted by molar-refractivity contribution is 6.33. The molecule has 1 fully saturated rings. The number of hydrogen-bond acceptors (Lipinski definition) is 4. The molecule has 2 atom stereocenters. The van der Waals surface area contributed by atoms with Gasteiger partial charge in [-0.15, -0.1) is 0 Å². The van der Waals surface area contributed by atoms with Crippen LogP contribution in [0, 0.1) is 0 Å². The lowest BCUT2D eigenvalue weighted by Gasteiger charge is -2.38. The van der Waals surface area contributed by atoms with Crippen LogP contribution in [0.4, 0.5) is 5.82 Å².